The van der Waals surface area contributed by atoms with Gasteiger partial charge in [0, 0.05) is 24.0 Å². The number of nitrogens with zero attached hydrogens (tertiary/aromatic N) is 2. The minimum Gasteiger partial charge on any atom is -0.496 e. The summed E-state index contributed by atoms with van der Waals surface area (Å²) in [5.74, 6) is 0.949. The fraction of sp³-hybridized carbons (Fsp3) is 0.353. The van der Waals surface area contributed by atoms with Gasteiger partial charge < -0.3 is 10.1 Å². The lowest BCUT2D eigenvalue weighted by molar-refractivity contribution is 0.0935. The molecule has 0 spiro atoms. The molecule has 22 heavy (non-hydrogen) atoms. The van der Waals surface area contributed by atoms with Crippen LogP contribution in [-0.2, 0) is 0 Å². The molecule has 0 saturated heterocycles. The normalized spacial score (nSPS) is 14.8. The first kappa shape index (κ1) is 14.5. The Hall–Kier alpha value is -2.43. The molecule has 3 rings (SSSR count). The summed E-state index contributed by atoms with van der Waals surface area (Å²) < 4.78 is 5.38. The molecule has 0 radical (unpaired) electrons. The minimum atomic E-state index is -0.119. The van der Waals surface area contributed by atoms with Crippen LogP contribution in [0.1, 0.15) is 36.0 Å². The van der Waals surface area contributed by atoms with Gasteiger partial charge in [-0.1, -0.05) is 25.0 Å². The molecule has 0 aliphatic heterocycles. The van der Waals surface area contributed by atoms with E-state index < -0.39 is 0 Å². The van der Waals surface area contributed by atoms with E-state index in [1.54, 1.807) is 31.6 Å². The second kappa shape index (κ2) is 6.56. The number of carbonyl (C=O) groups is 1. The molecule has 2 aromatic rings. The lowest BCUT2D eigenvalue weighted by Gasteiger charge is -2.16. The summed E-state index contributed by atoms with van der Waals surface area (Å²) in [6.07, 6.45) is 7.76. The van der Waals surface area contributed by atoms with E-state index in [4.69, 9.17) is 4.74 Å². The molecular formula is C17H19N3O2. The van der Waals surface area contributed by atoms with Crippen molar-refractivity contribution in [1.29, 1.82) is 0 Å². The topological polar surface area (TPSA) is 64.1 Å². The first-order valence-electron chi connectivity index (χ1n) is 7.55. The summed E-state index contributed by atoms with van der Waals surface area (Å²) in [5.41, 5.74) is 1.19. The van der Waals surface area contributed by atoms with E-state index >= 15 is 0 Å². The highest BCUT2D eigenvalue weighted by atomic mass is 16.5. The number of methoxy groups -OCH3 is 1. The Morgan fingerprint density at radius 1 is 1.18 bits per heavy atom. The Morgan fingerprint density at radius 3 is 2.59 bits per heavy atom. The Bertz CT molecular complexity index is 652. The average molecular weight is 297 g/mol. The van der Waals surface area contributed by atoms with Gasteiger partial charge in [0.25, 0.3) is 5.91 Å². The molecule has 1 heterocycles. The molecule has 1 aromatic heterocycles. The van der Waals surface area contributed by atoms with Crippen molar-refractivity contribution in [3.8, 4) is 17.1 Å². The first-order valence-corrected chi connectivity index (χ1v) is 7.55. The summed E-state index contributed by atoms with van der Waals surface area (Å²) in [4.78, 5) is 21.2. The van der Waals surface area contributed by atoms with Crippen LogP contribution in [0, 0.1) is 0 Å². The molecule has 5 nitrogen and oxygen atoms in total. The quantitative estimate of drug-likeness (QED) is 0.942. The standard InChI is InChI=1S/C17H19N3O2/c1-22-14-9-4-8-13(16-18-10-5-11-19-16)15(14)17(21)20-12-6-2-3-7-12/h4-5,8-12H,2-3,6-7H2,1H3,(H,20,21). The highest BCUT2D eigenvalue weighted by molar-refractivity contribution is 6.03. The zero-order chi connectivity index (χ0) is 15.4. The van der Waals surface area contributed by atoms with E-state index in [1.807, 2.05) is 12.1 Å². The highest BCUT2D eigenvalue weighted by Gasteiger charge is 2.23. The van der Waals surface area contributed by atoms with E-state index in [0.29, 0.717) is 22.7 Å². The van der Waals surface area contributed by atoms with Crippen LogP contribution in [0.15, 0.2) is 36.7 Å². The number of aromatic nitrogens is 2. The van der Waals surface area contributed by atoms with Crippen LogP contribution in [0.4, 0.5) is 0 Å². The lowest BCUT2D eigenvalue weighted by Crippen LogP contribution is -2.33. The largest absolute Gasteiger partial charge is 0.496 e. The molecule has 1 aliphatic rings. The number of amides is 1. The van der Waals surface area contributed by atoms with E-state index in [1.165, 1.54) is 12.8 Å². The fourth-order valence-electron chi connectivity index (χ4n) is 2.89. The second-order valence-corrected chi connectivity index (χ2v) is 5.41. The van der Waals surface area contributed by atoms with Gasteiger partial charge in [0.1, 0.15) is 5.75 Å². The number of hydrogen-bond acceptors (Lipinski definition) is 4. The van der Waals surface area contributed by atoms with Crippen molar-refractivity contribution in [1.82, 2.24) is 15.3 Å². The van der Waals surface area contributed by atoms with Crippen LogP contribution < -0.4 is 10.1 Å². The molecule has 1 saturated carbocycles. The molecule has 114 valence electrons. The smallest absolute Gasteiger partial charge is 0.256 e. The summed E-state index contributed by atoms with van der Waals surface area (Å²) in [7, 11) is 1.57. The van der Waals surface area contributed by atoms with Gasteiger partial charge in [-0.15, -0.1) is 0 Å². The minimum absolute atomic E-state index is 0.119. The van der Waals surface area contributed by atoms with Crippen molar-refractivity contribution >= 4 is 5.91 Å². The SMILES string of the molecule is COc1cccc(-c2ncccn2)c1C(=O)NC1CCCC1. The summed E-state index contributed by atoms with van der Waals surface area (Å²) in [6, 6.07) is 7.48. The third-order valence-electron chi connectivity index (χ3n) is 3.97. The van der Waals surface area contributed by atoms with Crippen molar-refractivity contribution in [3.63, 3.8) is 0 Å². The van der Waals surface area contributed by atoms with Crippen LogP contribution in [0.2, 0.25) is 0 Å². The average Bonchev–Trinajstić information content (AvgIpc) is 3.07. The maximum atomic E-state index is 12.7. The number of carbonyl (C=O) groups excluding carboxylic acids is 1. The summed E-state index contributed by atoms with van der Waals surface area (Å²) in [5, 5.41) is 3.11. The summed E-state index contributed by atoms with van der Waals surface area (Å²) in [6.45, 7) is 0. The van der Waals surface area contributed by atoms with Crippen molar-refractivity contribution in [2.24, 2.45) is 0 Å². The van der Waals surface area contributed by atoms with Gasteiger partial charge in [-0.3, -0.25) is 4.79 Å². The Kier molecular flexibility index (Phi) is 4.32. The third-order valence-corrected chi connectivity index (χ3v) is 3.97. The van der Waals surface area contributed by atoms with Crippen LogP contribution in [0.5, 0.6) is 5.75 Å². The third kappa shape index (κ3) is 2.93. The predicted molar refractivity (Wildman–Crippen MR) is 83.7 cm³/mol. The number of ether oxygens (including phenoxy) is 1. The van der Waals surface area contributed by atoms with Crippen molar-refractivity contribution in [2.75, 3.05) is 7.11 Å². The van der Waals surface area contributed by atoms with Crippen LogP contribution in [-0.4, -0.2) is 29.0 Å². The number of nitrogens with one attached hydrogen (secondary N) is 1. The maximum absolute atomic E-state index is 12.7. The molecule has 1 N–H and O–H groups in total. The predicted octanol–water partition coefficient (Wildman–Crippen LogP) is 2.82. The van der Waals surface area contributed by atoms with Crippen molar-refractivity contribution in [3.05, 3.63) is 42.2 Å². The van der Waals surface area contributed by atoms with Gasteiger partial charge in [-0.05, 0) is 25.0 Å². The first-order chi connectivity index (χ1) is 10.8. The van der Waals surface area contributed by atoms with Gasteiger partial charge in [-0.25, -0.2) is 9.97 Å². The number of rotatable bonds is 4. The Balaban J connectivity index is 1.98. The van der Waals surface area contributed by atoms with Gasteiger partial charge in [0.05, 0.1) is 12.7 Å². The molecule has 1 aromatic carbocycles. The van der Waals surface area contributed by atoms with Gasteiger partial charge in [0.15, 0.2) is 5.82 Å². The van der Waals surface area contributed by atoms with Crippen LogP contribution >= 0.6 is 0 Å². The maximum Gasteiger partial charge on any atom is 0.256 e. The number of hydrogen-bond donors (Lipinski definition) is 1. The van der Waals surface area contributed by atoms with Crippen LogP contribution in [0.25, 0.3) is 11.4 Å². The molecule has 0 unspecified atom stereocenters. The zero-order valence-electron chi connectivity index (χ0n) is 12.6. The van der Waals surface area contributed by atoms with E-state index in [9.17, 15) is 4.79 Å². The van der Waals surface area contributed by atoms with Gasteiger partial charge in [0.2, 0.25) is 0 Å². The van der Waals surface area contributed by atoms with Crippen LogP contribution in [0.3, 0.4) is 0 Å². The Morgan fingerprint density at radius 2 is 1.91 bits per heavy atom. The van der Waals surface area contributed by atoms with Gasteiger partial charge >= 0.3 is 0 Å². The van der Waals surface area contributed by atoms with Crippen molar-refractivity contribution < 1.29 is 9.53 Å². The summed E-state index contributed by atoms with van der Waals surface area (Å²) >= 11 is 0. The molecule has 1 aliphatic carbocycles. The van der Waals surface area contributed by atoms with E-state index in [-0.39, 0.29) is 11.9 Å². The molecular weight excluding hydrogens is 278 g/mol. The number of benzene rings is 1. The molecule has 0 bridgehead atoms. The highest BCUT2D eigenvalue weighted by Crippen LogP contribution is 2.29. The van der Waals surface area contributed by atoms with E-state index in [0.717, 1.165) is 12.8 Å². The second-order valence-electron chi connectivity index (χ2n) is 5.41. The molecule has 0 atom stereocenters. The Labute approximate surface area is 129 Å². The van der Waals surface area contributed by atoms with Gasteiger partial charge in [-0.2, -0.15) is 0 Å². The lowest BCUT2D eigenvalue weighted by atomic mass is 10.0. The molecule has 1 fully saturated rings. The van der Waals surface area contributed by atoms with Crippen molar-refractivity contribution in [2.45, 2.75) is 31.7 Å². The zero-order valence-corrected chi connectivity index (χ0v) is 12.6. The molecule has 5 heteroatoms. The monoisotopic (exact) mass is 297 g/mol. The van der Waals surface area contributed by atoms with E-state index in [2.05, 4.69) is 15.3 Å². The molecule has 1 amide bonds. The fourth-order valence-corrected chi connectivity index (χ4v) is 2.89.